The van der Waals surface area contributed by atoms with Crippen LogP contribution in [0.25, 0.3) is 0 Å². The molecule has 1 heterocycles. The maximum atomic E-state index is 5.84. The van der Waals surface area contributed by atoms with Gasteiger partial charge in [-0.25, -0.2) is 0 Å². The van der Waals surface area contributed by atoms with E-state index in [1.807, 2.05) is 6.07 Å². The molecule has 2 atom stereocenters. The lowest BCUT2D eigenvalue weighted by Gasteiger charge is -2.28. The Morgan fingerprint density at radius 3 is 3.00 bits per heavy atom. The van der Waals surface area contributed by atoms with Crippen LogP contribution >= 0.6 is 15.9 Å². The highest BCUT2D eigenvalue weighted by molar-refractivity contribution is 9.10. The van der Waals surface area contributed by atoms with Gasteiger partial charge in [0, 0.05) is 6.07 Å². The molecule has 0 saturated heterocycles. The van der Waals surface area contributed by atoms with E-state index in [-0.39, 0.29) is 0 Å². The first-order chi connectivity index (χ1) is 7.25. The third-order valence-electron chi connectivity index (χ3n) is 3.00. The molecule has 4 heteroatoms. The molecule has 1 aliphatic carbocycles. The fourth-order valence-electron chi connectivity index (χ4n) is 2.07. The summed E-state index contributed by atoms with van der Waals surface area (Å²) in [6.07, 6.45) is 5.48. The van der Waals surface area contributed by atoms with Crippen molar-refractivity contribution in [2.45, 2.75) is 45.3 Å². The van der Waals surface area contributed by atoms with E-state index >= 15 is 0 Å². The number of ether oxygens (including phenoxy) is 1. The van der Waals surface area contributed by atoms with Gasteiger partial charge in [-0.1, -0.05) is 24.9 Å². The van der Waals surface area contributed by atoms with E-state index < -0.39 is 0 Å². The van der Waals surface area contributed by atoms with Crippen LogP contribution in [-0.4, -0.2) is 11.3 Å². The Labute approximate surface area is 98.3 Å². The maximum absolute atomic E-state index is 5.84. The summed E-state index contributed by atoms with van der Waals surface area (Å²) in [6.45, 7) is 2.80. The number of hydrogen-bond acceptors (Lipinski definition) is 3. The quantitative estimate of drug-likeness (QED) is 0.845. The highest BCUT2D eigenvalue weighted by Gasteiger charge is 2.22. The summed E-state index contributed by atoms with van der Waals surface area (Å²) in [5.41, 5.74) is 0. The number of aromatic nitrogens is 1. The topological polar surface area (TPSA) is 35.3 Å². The summed E-state index contributed by atoms with van der Waals surface area (Å²) in [6, 6.07) is 1.85. The summed E-state index contributed by atoms with van der Waals surface area (Å²) in [7, 11) is 0. The Hall–Kier alpha value is -0.350. The second-order valence-corrected chi connectivity index (χ2v) is 5.04. The first-order valence-electron chi connectivity index (χ1n) is 5.48. The second-order valence-electron chi connectivity index (χ2n) is 4.23. The zero-order valence-corrected chi connectivity index (χ0v) is 10.5. The van der Waals surface area contributed by atoms with Crippen molar-refractivity contribution in [2.24, 2.45) is 5.92 Å². The van der Waals surface area contributed by atoms with Gasteiger partial charge in [-0.15, -0.1) is 0 Å². The van der Waals surface area contributed by atoms with Gasteiger partial charge >= 0.3 is 0 Å². The molecule has 0 spiro atoms. The van der Waals surface area contributed by atoms with Crippen LogP contribution in [0.3, 0.4) is 0 Å². The average molecular weight is 274 g/mol. The summed E-state index contributed by atoms with van der Waals surface area (Å²) >= 11 is 3.25. The predicted octanol–water partition coefficient (Wildman–Crippen LogP) is 3.53. The lowest BCUT2D eigenvalue weighted by atomic mass is 9.88. The number of halogens is 1. The molecule has 1 aromatic rings. The van der Waals surface area contributed by atoms with Gasteiger partial charge in [0.2, 0.25) is 0 Å². The normalized spacial score (nSPS) is 26.8. The molecular weight excluding hydrogens is 258 g/mol. The van der Waals surface area contributed by atoms with Crippen molar-refractivity contribution in [1.29, 1.82) is 0 Å². The number of hydrogen-bond donors (Lipinski definition) is 0. The van der Waals surface area contributed by atoms with Crippen LogP contribution in [0.15, 0.2) is 15.2 Å². The summed E-state index contributed by atoms with van der Waals surface area (Å²) in [4.78, 5) is 0. The van der Waals surface area contributed by atoms with E-state index in [9.17, 15) is 0 Å². The molecule has 15 heavy (non-hydrogen) atoms. The second kappa shape index (κ2) is 5.12. The molecule has 1 saturated carbocycles. The van der Waals surface area contributed by atoms with E-state index in [1.54, 1.807) is 0 Å². The first kappa shape index (κ1) is 11.1. The fourth-order valence-corrected chi connectivity index (χ4v) is 2.40. The monoisotopic (exact) mass is 273 g/mol. The highest BCUT2D eigenvalue weighted by atomic mass is 79.9. The zero-order valence-electron chi connectivity index (χ0n) is 8.91. The first-order valence-corrected chi connectivity index (χ1v) is 6.27. The smallest absolute Gasteiger partial charge is 0.163 e. The fraction of sp³-hybridized carbons (Fsp3) is 0.727. The third-order valence-corrected chi connectivity index (χ3v) is 3.38. The molecular formula is C11H16BrNO2. The number of rotatable bonds is 3. The van der Waals surface area contributed by atoms with Gasteiger partial charge in [-0.2, -0.15) is 0 Å². The van der Waals surface area contributed by atoms with Gasteiger partial charge in [-0.3, -0.25) is 0 Å². The van der Waals surface area contributed by atoms with Gasteiger partial charge in [0.1, 0.15) is 11.2 Å². The molecule has 1 aliphatic rings. The minimum atomic E-state index is 0.391. The molecule has 0 amide bonds. The Bertz CT molecular complexity index is 313. The van der Waals surface area contributed by atoms with E-state index in [1.165, 1.54) is 25.7 Å². The molecule has 0 aliphatic heterocycles. The molecule has 3 nitrogen and oxygen atoms in total. The standard InChI is InChI=1S/C11H16BrNO2/c1-8-4-2-3-5-10(8)14-7-9-6-11(12)13-15-9/h6,8,10H,2-5,7H2,1H3. The van der Waals surface area contributed by atoms with Crippen molar-refractivity contribution >= 4 is 15.9 Å². The lowest BCUT2D eigenvalue weighted by molar-refractivity contribution is -0.0235. The number of nitrogens with zero attached hydrogens (tertiary/aromatic N) is 1. The molecule has 0 radical (unpaired) electrons. The summed E-state index contributed by atoms with van der Waals surface area (Å²) in [5.74, 6) is 1.46. The largest absolute Gasteiger partial charge is 0.370 e. The van der Waals surface area contributed by atoms with Crippen LogP contribution in [0, 0.1) is 5.92 Å². The van der Waals surface area contributed by atoms with Crippen molar-refractivity contribution < 1.29 is 9.26 Å². The highest BCUT2D eigenvalue weighted by Crippen LogP contribution is 2.27. The van der Waals surface area contributed by atoms with Gasteiger partial charge in [0.25, 0.3) is 0 Å². The summed E-state index contributed by atoms with van der Waals surface area (Å²) in [5, 5.41) is 3.76. The molecule has 2 rings (SSSR count). The minimum absolute atomic E-state index is 0.391. The van der Waals surface area contributed by atoms with Crippen molar-refractivity contribution in [3.63, 3.8) is 0 Å². The van der Waals surface area contributed by atoms with Gasteiger partial charge in [0.05, 0.1) is 6.10 Å². The molecule has 0 bridgehead atoms. The van der Waals surface area contributed by atoms with Crippen LogP contribution < -0.4 is 0 Å². The Balaban J connectivity index is 1.81. The van der Waals surface area contributed by atoms with Crippen LogP contribution in [-0.2, 0) is 11.3 Å². The minimum Gasteiger partial charge on any atom is -0.370 e. The predicted molar refractivity (Wildman–Crippen MR) is 60.4 cm³/mol. The van der Waals surface area contributed by atoms with Gasteiger partial charge in [0.15, 0.2) is 5.76 Å². The van der Waals surface area contributed by atoms with Crippen LogP contribution in [0.5, 0.6) is 0 Å². The van der Waals surface area contributed by atoms with E-state index in [0.29, 0.717) is 18.6 Å². The lowest BCUT2D eigenvalue weighted by Crippen LogP contribution is -2.25. The molecule has 84 valence electrons. The molecule has 0 aromatic carbocycles. The van der Waals surface area contributed by atoms with E-state index in [4.69, 9.17) is 9.26 Å². The molecule has 1 aromatic heterocycles. The zero-order chi connectivity index (χ0) is 10.7. The molecule has 0 N–H and O–H groups in total. The van der Waals surface area contributed by atoms with Gasteiger partial charge in [-0.05, 0) is 34.7 Å². The van der Waals surface area contributed by atoms with Crippen molar-refractivity contribution in [3.8, 4) is 0 Å². The Kier molecular flexibility index (Phi) is 3.81. The third kappa shape index (κ3) is 3.05. The van der Waals surface area contributed by atoms with Crippen molar-refractivity contribution in [2.75, 3.05) is 0 Å². The van der Waals surface area contributed by atoms with E-state index in [0.717, 1.165) is 10.4 Å². The maximum Gasteiger partial charge on any atom is 0.163 e. The molecule has 1 fully saturated rings. The Morgan fingerprint density at radius 2 is 2.33 bits per heavy atom. The van der Waals surface area contributed by atoms with Crippen LogP contribution in [0.2, 0.25) is 0 Å². The van der Waals surface area contributed by atoms with Crippen LogP contribution in [0.4, 0.5) is 0 Å². The molecule has 2 unspecified atom stereocenters. The SMILES string of the molecule is CC1CCCCC1OCc1cc(Br)no1. The summed E-state index contributed by atoms with van der Waals surface area (Å²) < 4.78 is 11.6. The average Bonchev–Trinajstić information content (AvgIpc) is 2.63. The van der Waals surface area contributed by atoms with Crippen molar-refractivity contribution in [1.82, 2.24) is 5.16 Å². The Morgan fingerprint density at radius 1 is 1.53 bits per heavy atom. The van der Waals surface area contributed by atoms with Gasteiger partial charge < -0.3 is 9.26 Å². The van der Waals surface area contributed by atoms with E-state index in [2.05, 4.69) is 28.0 Å². The van der Waals surface area contributed by atoms with Crippen LogP contribution in [0.1, 0.15) is 38.4 Å². The van der Waals surface area contributed by atoms with Crippen molar-refractivity contribution in [3.05, 3.63) is 16.4 Å².